The number of unbranched alkanes of at least 4 members (excludes halogenated alkanes) is 1. The second-order valence-electron chi connectivity index (χ2n) is 4.41. The molecule has 0 aromatic heterocycles. The standard InChI is InChI=1S/C13H22O2/c1-2-15-13(14)11-7-6-10-12-8-4-3-5-9-12/h2,12H,1,3-11H2. The normalized spacial score (nSPS) is 17.3. The van der Waals surface area contributed by atoms with E-state index in [1.165, 1.54) is 44.8 Å². The number of hydrogen-bond acceptors (Lipinski definition) is 2. The molecule has 15 heavy (non-hydrogen) atoms. The second kappa shape index (κ2) is 7.49. The maximum atomic E-state index is 11.0. The maximum Gasteiger partial charge on any atom is 0.310 e. The average molecular weight is 210 g/mol. The molecule has 0 bridgehead atoms. The first-order valence-electron chi connectivity index (χ1n) is 6.13. The van der Waals surface area contributed by atoms with Crippen LogP contribution in [0.25, 0.3) is 0 Å². The van der Waals surface area contributed by atoms with Crippen molar-refractivity contribution in [2.75, 3.05) is 0 Å². The minimum Gasteiger partial charge on any atom is -0.435 e. The van der Waals surface area contributed by atoms with Gasteiger partial charge in [-0.3, -0.25) is 4.79 Å². The van der Waals surface area contributed by atoms with Crippen molar-refractivity contribution in [1.82, 2.24) is 0 Å². The lowest BCUT2D eigenvalue weighted by Crippen LogP contribution is -2.06. The minimum atomic E-state index is -0.145. The third-order valence-corrected chi connectivity index (χ3v) is 3.18. The Hall–Kier alpha value is -0.790. The number of hydrogen-bond donors (Lipinski definition) is 0. The van der Waals surface area contributed by atoms with Gasteiger partial charge >= 0.3 is 5.97 Å². The fourth-order valence-electron chi connectivity index (χ4n) is 2.33. The molecule has 0 atom stereocenters. The van der Waals surface area contributed by atoms with Gasteiger partial charge in [0.2, 0.25) is 0 Å². The van der Waals surface area contributed by atoms with Gasteiger partial charge in [-0.05, 0) is 12.3 Å². The highest BCUT2D eigenvalue weighted by atomic mass is 16.5. The summed E-state index contributed by atoms with van der Waals surface area (Å²) in [5.74, 6) is 0.780. The summed E-state index contributed by atoms with van der Waals surface area (Å²) < 4.78 is 4.66. The van der Waals surface area contributed by atoms with Crippen molar-refractivity contribution in [2.45, 2.75) is 57.8 Å². The Balaban J connectivity index is 1.95. The van der Waals surface area contributed by atoms with Gasteiger partial charge in [0, 0.05) is 6.42 Å². The van der Waals surface area contributed by atoms with E-state index in [1.807, 2.05) is 0 Å². The summed E-state index contributed by atoms with van der Waals surface area (Å²) in [6, 6.07) is 0. The van der Waals surface area contributed by atoms with Crippen molar-refractivity contribution in [1.29, 1.82) is 0 Å². The van der Waals surface area contributed by atoms with Gasteiger partial charge in [-0.15, -0.1) is 0 Å². The molecular formula is C13H22O2. The molecule has 0 radical (unpaired) electrons. The van der Waals surface area contributed by atoms with Crippen molar-refractivity contribution in [3.8, 4) is 0 Å². The van der Waals surface area contributed by atoms with Gasteiger partial charge < -0.3 is 4.74 Å². The Bertz CT molecular complexity index is 193. The maximum absolute atomic E-state index is 11.0. The molecule has 1 rings (SSSR count). The highest BCUT2D eigenvalue weighted by Crippen LogP contribution is 2.27. The van der Waals surface area contributed by atoms with Crippen LogP contribution in [0.5, 0.6) is 0 Å². The lowest BCUT2D eigenvalue weighted by molar-refractivity contribution is -0.138. The molecule has 2 heteroatoms. The van der Waals surface area contributed by atoms with Crippen LogP contribution in [-0.2, 0) is 9.53 Å². The molecule has 1 fully saturated rings. The highest BCUT2D eigenvalue weighted by molar-refractivity contribution is 5.69. The van der Waals surface area contributed by atoms with Gasteiger partial charge in [0.25, 0.3) is 0 Å². The van der Waals surface area contributed by atoms with Crippen LogP contribution in [0.3, 0.4) is 0 Å². The van der Waals surface area contributed by atoms with Gasteiger partial charge in [0.05, 0.1) is 6.26 Å². The number of rotatable bonds is 6. The summed E-state index contributed by atoms with van der Waals surface area (Å²) >= 11 is 0. The molecule has 0 amide bonds. The van der Waals surface area contributed by atoms with Gasteiger partial charge in [0.1, 0.15) is 0 Å². The fourth-order valence-corrected chi connectivity index (χ4v) is 2.33. The van der Waals surface area contributed by atoms with Crippen LogP contribution in [0.2, 0.25) is 0 Å². The topological polar surface area (TPSA) is 26.3 Å². The van der Waals surface area contributed by atoms with Crippen LogP contribution >= 0.6 is 0 Å². The molecule has 0 N–H and O–H groups in total. The third kappa shape index (κ3) is 5.60. The van der Waals surface area contributed by atoms with E-state index in [0.717, 1.165) is 18.8 Å². The van der Waals surface area contributed by atoms with E-state index in [1.54, 1.807) is 0 Å². The van der Waals surface area contributed by atoms with E-state index < -0.39 is 0 Å². The SMILES string of the molecule is C=COC(=O)CCCCC1CCCCC1. The second-order valence-corrected chi connectivity index (χ2v) is 4.41. The van der Waals surface area contributed by atoms with Gasteiger partial charge in [-0.1, -0.05) is 51.5 Å². The first kappa shape index (κ1) is 12.3. The lowest BCUT2D eigenvalue weighted by atomic mass is 9.86. The van der Waals surface area contributed by atoms with E-state index in [9.17, 15) is 4.79 Å². The van der Waals surface area contributed by atoms with E-state index in [4.69, 9.17) is 0 Å². The van der Waals surface area contributed by atoms with Gasteiger partial charge in [0.15, 0.2) is 0 Å². The smallest absolute Gasteiger partial charge is 0.310 e. The molecule has 0 spiro atoms. The molecule has 0 heterocycles. The fraction of sp³-hybridized carbons (Fsp3) is 0.769. The molecule has 1 aliphatic carbocycles. The quantitative estimate of drug-likeness (QED) is 0.378. The van der Waals surface area contributed by atoms with E-state index in [-0.39, 0.29) is 5.97 Å². The van der Waals surface area contributed by atoms with Crippen LogP contribution < -0.4 is 0 Å². The number of carbonyl (C=O) groups is 1. The van der Waals surface area contributed by atoms with Crippen molar-refractivity contribution in [3.05, 3.63) is 12.8 Å². The monoisotopic (exact) mass is 210 g/mol. The van der Waals surface area contributed by atoms with Crippen molar-refractivity contribution >= 4 is 5.97 Å². The highest BCUT2D eigenvalue weighted by Gasteiger charge is 2.12. The summed E-state index contributed by atoms with van der Waals surface area (Å²) in [7, 11) is 0. The zero-order valence-electron chi connectivity index (χ0n) is 9.54. The first-order valence-corrected chi connectivity index (χ1v) is 6.13. The Morgan fingerprint density at radius 3 is 2.67 bits per heavy atom. The molecule has 0 saturated heterocycles. The van der Waals surface area contributed by atoms with Crippen LogP contribution in [0.15, 0.2) is 12.8 Å². The third-order valence-electron chi connectivity index (χ3n) is 3.18. The Kier molecular flexibility index (Phi) is 6.14. The van der Waals surface area contributed by atoms with Crippen molar-refractivity contribution in [2.24, 2.45) is 5.92 Å². The predicted molar refractivity (Wildman–Crippen MR) is 61.3 cm³/mol. The number of esters is 1. The van der Waals surface area contributed by atoms with Gasteiger partial charge in [-0.25, -0.2) is 0 Å². The van der Waals surface area contributed by atoms with Crippen LogP contribution in [-0.4, -0.2) is 5.97 Å². The summed E-state index contributed by atoms with van der Waals surface area (Å²) in [5, 5.41) is 0. The molecule has 0 aromatic carbocycles. The molecule has 0 aliphatic heterocycles. The van der Waals surface area contributed by atoms with Crippen LogP contribution in [0, 0.1) is 5.92 Å². The van der Waals surface area contributed by atoms with Crippen molar-refractivity contribution < 1.29 is 9.53 Å². The van der Waals surface area contributed by atoms with Crippen LogP contribution in [0.1, 0.15) is 57.8 Å². The summed E-state index contributed by atoms with van der Waals surface area (Å²) in [4.78, 5) is 11.0. The number of carbonyl (C=O) groups excluding carboxylic acids is 1. The Morgan fingerprint density at radius 2 is 2.00 bits per heavy atom. The molecular weight excluding hydrogens is 188 g/mol. The zero-order chi connectivity index (χ0) is 10.9. The first-order chi connectivity index (χ1) is 7.33. The van der Waals surface area contributed by atoms with Crippen LogP contribution in [0.4, 0.5) is 0 Å². The van der Waals surface area contributed by atoms with Gasteiger partial charge in [-0.2, -0.15) is 0 Å². The van der Waals surface area contributed by atoms with E-state index in [0.29, 0.717) is 6.42 Å². The Labute approximate surface area is 92.7 Å². The molecule has 0 aromatic rings. The predicted octanol–water partition coefficient (Wildman–Crippen LogP) is 3.81. The minimum absolute atomic E-state index is 0.145. The number of ether oxygens (including phenoxy) is 1. The molecule has 1 saturated carbocycles. The molecule has 2 nitrogen and oxygen atoms in total. The zero-order valence-corrected chi connectivity index (χ0v) is 9.54. The Morgan fingerprint density at radius 1 is 1.27 bits per heavy atom. The van der Waals surface area contributed by atoms with Crippen molar-refractivity contribution in [3.63, 3.8) is 0 Å². The lowest BCUT2D eigenvalue weighted by Gasteiger charge is -2.21. The van der Waals surface area contributed by atoms with E-state index in [2.05, 4.69) is 11.3 Å². The molecule has 0 unspecified atom stereocenters. The van der Waals surface area contributed by atoms with E-state index >= 15 is 0 Å². The molecule has 1 aliphatic rings. The summed E-state index contributed by atoms with van der Waals surface area (Å²) in [5.41, 5.74) is 0. The molecule has 86 valence electrons. The largest absolute Gasteiger partial charge is 0.435 e. The average Bonchev–Trinajstić information content (AvgIpc) is 2.26. The summed E-state index contributed by atoms with van der Waals surface area (Å²) in [6.45, 7) is 3.36. The summed E-state index contributed by atoms with van der Waals surface area (Å²) in [6.07, 6.45) is 12.2.